The average molecular weight is 332 g/mol. The second-order valence-corrected chi connectivity index (χ2v) is 5.11. The van der Waals surface area contributed by atoms with Gasteiger partial charge in [-0.15, -0.1) is 0 Å². The molecule has 0 bridgehead atoms. The van der Waals surface area contributed by atoms with Gasteiger partial charge in [0.05, 0.1) is 39.4 Å². The number of benzene rings is 1. The van der Waals surface area contributed by atoms with E-state index in [0.717, 1.165) is 18.7 Å². The molecular weight excluding hydrogens is 311 g/mol. The molecule has 1 aromatic rings. The molecule has 0 radical (unpaired) electrons. The first-order valence-electron chi connectivity index (χ1n) is 7.19. The number of ether oxygens (including phenoxy) is 1. The standard InChI is InChI=1S/C15H20F3N3O2/c1-4-23-14(19-8-9-21(2)3)20-13(22)11-6-5-7-12(10-11)15(16,17)18/h5-7,10H,4,8-9H2,1-3H3,(H,19,20,22)/p+1. The van der Waals surface area contributed by atoms with Crippen LogP contribution in [0.1, 0.15) is 22.8 Å². The molecule has 1 rings (SSSR count). The highest BCUT2D eigenvalue weighted by molar-refractivity contribution is 6.04. The van der Waals surface area contributed by atoms with E-state index < -0.39 is 17.6 Å². The molecule has 2 N–H and O–H groups in total. The van der Waals surface area contributed by atoms with E-state index in [4.69, 9.17) is 4.74 Å². The van der Waals surface area contributed by atoms with Crippen LogP contribution in [0.3, 0.4) is 0 Å². The van der Waals surface area contributed by atoms with Crippen LogP contribution in [-0.2, 0) is 10.9 Å². The highest BCUT2D eigenvalue weighted by atomic mass is 19.4. The summed E-state index contributed by atoms with van der Waals surface area (Å²) in [4.78, 5) is 17.3. The van der Waals surface area contributed by atoms with Crippen molar-refractivity contribution in [3.63, 3.8) is 0 Å². The smallest absolute Gasteiger partial charge is 0.416 e. The van der Waals surface area contributed by atoms with Crippen molar-refractivity contribution in [1.82, 2.24) is 5.32 Å². The molecule has 0 heterocycles. The van der Waals surface area contributed by atoms with Gasteiger partial charge in [0.25, 0.3) is 11.9 Å². The molecular formula is C15H21F3N3O2+. The lowest BCUT2D eigenvalue weighted by Gasteiger charge is -2.11. The number of aliphatic imine (C=N–C) groups is 1. The first-order valence-corrected chi connectivity index (χ1v) is 7.19. The number of likely N-dealkylation sites (N-methyl/N-ethyl adjacent to an activating group) is 1. The number of hydrogen-bond donors (Lipinski definition) is 2. The number of halogens is 3. The Bertz CT molecular complexity index is 557. The monoisotopic (exact) mass is 332 g/mol. The van der Waals surface area contributed by atoms with Crippen molar-refractivity contribution in [2.45, 2.75) is 13.1 Å². The van der Waals surface area contributed by atoms with Crippen LogP contribution < -0.4 is 10.2 Å². The molecule has 0 aliphatic carbocycles. The zero-order valence-corrected chi connectivity index (χ0v) is 13.3. The number of amides is 1. The van der Waals surface area contributed by atoms with Crippen molar-refractivity contribution >= 4 is 11.9 Å². The van der Waals surface area contributed by atoms with Crippen LogP contribution in [0.25, 0.3) is 0 Å². The molecule has 5 nitrogen and oxygen atoms in total. The third kappa shape index (κ3) is 6.68. The fourth-order valence-corrected chi connectivity index (χ4v) is 1.65. The van der Waals surface area contributed by atoms with E-state index >= 15 is 0 Å². The minimum absolute atomic E-state index is 0.0103. The summed E-state index contributed by atoms with van der Waals surface area (Å²) in [6.45, 7) is 3.18. The summed E-state index contributed by atoms with van der Waals surface area (Å²) in [5, 5.41) is 2.40. The van der Waals surface area contributed by atoms with Crippen LogP contribution in [0, 0.1) is 0 Å². The number of alkyl halides is 3. The van der Waals surface area contributed by atoms with Gasteiger partial charge in [0, 0.05) is 5.56 Å². The Kier molecular flexibility index (Phi) is 7.02. The van der Waals surface area contributed by atoms with Crippen molar-refractivity contribution in [3.8, 4) is 0 Å². The summed E-state index contributed by atoms with van der Waals surface area (Å²) in [7, 11) is 3.91. The molecule has 0 saturated carbocycles. The lowest BCUT2D eigenvalue weighted by Crippen LogP contribution is -3.06. The van der Waals surface area contributed by atoms with Crippen molar-refractivity contribution in [3.05, 3.63) is 35.4 Å². The zero-order chi connectivity index (χ0) is 17.5. The van der Waals surface area contributed by atoms with Gasteiger partial charge in [0.15, 0.2) is 0 Å². The highest BCUT2D eigenvalue weighted by Gasteiger charge is 2.31. The molecule has 0 saturated heterocycles. The van der Waals surface area contributed by atoms with E-state index in [9.17, 15) is 18.0 Å². The number of amidine groups is 1. The maximum Gasteiger partial charge on any atom is 0.416 e. The molecule has 0 atom stereocenters. The Balaban J connectivity index is 2.82. The number of nitrogens with one attached hydrogen (secondary N) is 2. The highest BCUT2D eigenvalue weighted by Crippen LogP contribution is 2.29. The molecule has 128 valence electrons. The topological polar surface area (TPSA) is 55.1 Å². The Morgan fingerprint density at radius 2 is 2.04 bits per heavy atom. The minimum Gasteiger partial charge on any atom is -0.465 e. The fraction of sp³-hybridized carbons (Fsp3) is 0.467. The summed E-state index contributed by atoms with van der Waals surface area (Å²) in [6, 6.07) is 4.20. The third-order valence-electron chi connectivity index (χ3n) is 2.82. The SMILES string of the molecule is CCOC(=NCC[NH+](C)C)NC(=O)c1cccc(C(F)(F)F)c1. The molecule has 0 fully saturated rings. The van der Waals surface area contributed by atoms with Gasteiger partial charge >= 0.3 is 6.18 Å². The van der Waals surface area contributed by atoms with Crippen LogP contribution in [0.5, 0.6) is 0 Å². The lowest BCUT2D eigenvalue weighted by atomic mass is 10.1. The fourth-order valence-electron chi connectivity index (χ4n) is 1.65. The molecule has 0 unspecified atom stereocenters. The van der Waals surface area contributed by atoms with Gasteiger partial charge in [-0.1, -0.05) is 6.07 Å². The molecule has 0 aliphatic heterocycles. The van der Waals surface area contributed by atoms with Crippen molar-refractivity contribution in [2.24, 2.45) is 4.99 Å². The predicted octanol–water partition coefficient (Wildman–Crippen LogP) is 0.972. The first kappa shape index (κ1) is 19.0. The second kappa shape index (κ2) is 8.52. The van der Waals surface area contributed by atoms with Crippen LogP contribution >= 0.6 is 0 Å². The first-order chi connectivity index (χ1) is 10.7. The summed E-state index contributed by atoms with van der Waals surface area (Å²) < 4.78 is 43.2. The van der Waals surface area contributed by atoms with Gasteiger partial charge in [-0.3, -0.25) is 10.1 Å². The lowest BCUT2D eigenvalue weighted by molar-refractivity contribution is -0.856. The van der Waals surface area contributed by atoms with Gasteiger partial charge in [0.2, 0.25) is 0 Å². The number of carbonyl (C=O) groups excluding carboxylic acids is 1. The quantitative estimate of drug-likeness (QED) is 0.624. The number of nitrogens with zero attached hydrogens (tertiary/aromatic N) is 1. The van der Waals surface area contributed by atoms with E-state index in [2.05, 4.69) is 10.3 Å². The van der Waals surface area contributed by atoms with Crippen LogP contribution in [-0.4, -0.2) is 45.7 Å². The van der Waals surface area contributed by atoms with Crippen molar-refractivity contribution in [2.75, 3.05) is 33.8 Å². The van der Waals surface area contributed by atoms with E-state index in [1.807, 2.05) is 14.1 Å². The Hall–Kier alpha value is -2.09. The molecule has 23 heavy (non-hydrogen) atoms. The largest absolute Gasteiger partial charge is 0.465 e. The summed E-state index contributed by atoms with van der Waals surface area (Å²) >= 11 is 0. The van der Waals surface area contributed by atoms with Gasteiger partial charge < -0.3 is 9.64 Å². The maximum atomic E-state index is 12.7. The summed E-state index contributed by atoms with van der Waals surface area (Å²) in [5.41, 5.74) is -0.985. The van der Waals surface area contributed by atoms with Crippen molar-refractivity contribution < 1.29 is 27.6 Å². The van der Waals surface area contributed by atoms with E-state index in [1.54, 1.807) is 6.92 Å². The number of quaternary nitrogens is 1. The van der Waals surface area contributed by atoms with E-state index in [-0.39, 0.29) is 18.2 Å². The average Bonchev–Trinajstić information content (AvgIpc) is 2.46. The Morgan fingerprint density at radius 1 is 1.35 bits per heavy atom. The number of carbonyl (C=O) groups is 1. The minimum atomic E-state index is -4.50. The zero-order valence-electron chi connectivity index (χ0n) is 13.3. The van der Waals surface area contributed by atoms with Crippen LogP contribution in [0.4, 0.5) is 13.2 Å². The van der Waals surface area contributed by atoms with Gasteiger partial charge in [-0.05, 0) is 25.1 Å². The molecule has 0 aromatic heterocycles. The molecule has 1 aromatic carbocycles. The molecule has 0 aliphatic rings. The normalized spacial score (nSPS) is 12.4. The van der Waals surface area contributed by atoms with Gasteiger partial charge in [-0.25, -0.2) is 4.99 Å². The molecule has 8 heteroatoms. The van der Waals surface area contributed by atoms with Crippen LogP contribution in [0.2, 0.25) is 0 Å². The Morgan fingerprint density at radius 3 is 2.61 bits per heavy atom. The second-order valence-electron chi connectivity index (χ2n) is 5.11. The Labute approximate surface area is 133 Å². The predicted molar refractivity (Wildman–Crippen MR) is 80.5 cm³/mol. The number of rotatable bonds is 5. The van der Waals surface area contributed by atoms with E-state index in [1.165, 1.54) is 17.0 Å². The van der Waals surface area contributed by atoms with Gasteiger partial charge in [0.1, 0.15) is 0 Å². The summed E-state index contributed by atoms with van der Waals surface area (Å²) in [5.74, 6) is -0.694. The van der Waals surface area contributed by atoms with E-state index in [0.29, 0.717) is 6.54 Å². The van der Waals surface area contributed by atoms with Gasteiger partial charge in [-0.2, -0.15) is 13.2 Å². The molecule has 0 spiro atoms. The summed E-state index contributed by atoms with van der Waals surface area (Å²) in [6.07, 6.45) is -4.50. The maximum absolute atomic E-state index is 12.7. The molecule has 1 amide bonds. The number of hydrogen-bond acceptors (Lipinski definition) is 3. The van der Waals surface area contributed by atoms with Crippen LogP contribution in [0.15, 0.2) is 29.3 Å². The van der Waals surface area contributed by atoms with Crippen molar-refractivity contribution in [1.29, 1.82) is 0 Å². The third-order valence-corrected chi connectivity index (χ3v) is 2.82.